The van der Waals surface area contributed by atoms with Gasteiger partial charge >= 0.3 is 5.97 Å². The lowest BCUT2D eigenvalue weighted by Gasteiger charge is -2.15. The molecule has 4 heteroatoms. The van der Waals surface area contributed by atoms with E-state index >= 15 is 0 Å². The summed E-state index contributed by atoms with van der Waals surface area (Å²) in [6, 6.07) is -0.738. The number of hydrogen-bond donors (Lipinski definition) is 0. The summed E-state index contributed by atoms with van der Waals surface area (Å²) < 4.78 is 4.80. The van der Waals surface area contributed by atoms with E-state index < -0.39 is 12.0 Å². The fourth-order valence-corrected chi connectivity index (χ4v) is 0.919. The Bertz CT molecular complexity index is 244. The number of nitrogens with zero attached hydrogens (tertiary/aromatic N) is 1. The van der Waals surface area contributed by atoms with Gasteiger partial charge in [-0.05, 0) is 5.92 Å². The molecule has 0 heterocycles. The minimum atomic E-state index is -0.738. The van der Waals surface area contributed by atoms with Crippen molar-refractivity contribution in [1.82, 2.24) is 0 Å². The molecule has 0 saturated heterocycles. The molecule has 0 radical (unpaired) electrons. The predicted molar refractivity (Wildman–Crippen MR) is 52.5 cm³/mol. The van der Waals surface area contributed by atoms with Crippen molar-refractivity contribution in [2.24, 2.45) is 10.9 Å². The van der Waals surface area contributed by atoms with Crippen LogP contribution in [0.1, 0.15) is 20.3 Å². The first-order chi connectivity index (χ1) is 6.67. The van der Waals surface area contributed by atoms with Gasteiger partial charge in [0.05, 0.1) is 0 Å². The first-order valence-corrected chi connectivity index (χ1v) is 4.51. The van der Waals surface area contributed by atoms with Gasteiger partial charge in [-0.2, -0.15) is 4.99 Å². The Kier molecular flexibility index (Phi) is 6.33. The van der Waals surface area contributed by atoms with Crippen molar-refractivity contribution < 1.29 is 14.3 Å². The molecule has 4 nitrogen and oxygen atoms in total. The molecule has 0 bridgehead atoms. The molecule has 0 saturated carbocycles. The maximum absolute atomic E-state index is 11.3. The van der Waals surface area contributed by atoms with E-state index in [1.165, 1.54) is 12.2 Å². The van der Waals surface area contributed by atoms with Crippen molar-refractivity contribution in [2.45, 2.75) is 26.3 Å². The van der Waals surface area contributed by atoms with E-state index in [2.05, 4.69) is 11.6 Å². The fraction of sp³-hybridized carbons (Fsp3) is 0.600. The molecule has 0 aliphatic carbocycles. The number of esters is 1. The van der Waals surface area contributed by atoms with E-state index in [1.54, 1.807) is 0 Å². The van der Waals surface area contributed by atoms with Crippen molar-refractivity contribution in [3.63, 3.8) is 0 Å². The zero-order valence-corrected chi connectivity index (χ0v) is 8.53. The highest BCUT2D eigenvalue weighted by molar-refractivity contribution is 5.77. The summed E-state index contributed by atoms with van der Waals surface area (Å²) in [6.45, 7) is 7.31. The van der Waals surface area contributed by atoms with Crippen LogP contribution in [0.4, 0.5) is 0 Å². The molecular formula is C10H15NO3. The van der Waals surface area contributed by atoms with Gasteiger partial charge in [-0.15, -0.1) is 0 Å². The Labute approximate surface area is 83.7 Å². The standard InChI is InChI=1S/C10H15NO3/c1-4-6-14-10(13)9(11-7-12)8(3)5-2/h4,8-9H,1,5-6H2,2-3H3/t8?,9-/m1/s1. The van der Waals surface area contributed by atoms with Crippen molar-refractivity contribution in [3.8, 4) is 0 Å². The number of carbonyl (C=O) groups excluding carboxylic acids is 2. The quantitative estimate of drug-likeness (QED) is 0.280. The van der Waals surface area contributed by atoms with Gasteiger partial charge in [-0.25, -0.2) is 9.59 Å². The minimum absolute atomic E-state index is 0.0197. The third-order valence-corrected chi connectivity index (χ3v) is 1.96. The second-order valence-corrected chi connectivity index (χ2v) is 2.97. The normalized spacial score (nSPS) is 13.6. The molecule has 78 valence electrons. The summed E-state index contributed by atoms with van der Waals surface area (Å²) in [5, 5.41) is 0. The van der Waals surface area contributed by atoms with Crippen LogP contribution in [0.3, 0.4) is 0 Å². The summed E-state index contributed by atoms with van der Waals surface area (Å²) in [5.74, 6) is -0.517. The Morgan fingerprint density at radius 1 is 1.71 bits per heavy atom. The van der Waals surface area contributed by atoms with Gasteiger partial charge in [0.25, 0.3) is 0 Å². The number of rotatable bonds is 6. The monoisotopic (exact) mass is 197 g/mol. The van der Waals surface area contributed by atoms with Crippen LogP contribution in [0.2, 0.25) is 0 Å². The highest BCUT2D eigenvalue weighted by atomic mass is 16.5. The first-order valence-electron chi connectivity index (χ1n) is 4.51. The van der Waals surface area contributed by atoms with E-state index in [9.17, 15) is 9.59 Å². The Morgan fingerprint density at radius 3 is 2.79 bits per heavy atom. The number of carbonyl (C=O) groups is 1. The summed E-state index contributed by atoms with van der Waals surface area (Å²) in [6.07, 6.45) is 3.61. The molecule has 0 aliphatic heterocycles. The van der Waals surface area contributed by atoms with Gasteiger partial charge in [0, 0.05) is 0 Å². The third-order valence-electron chi connectivity index (χ3n) is 1.96. The van der Waals surface area contributed by atoms with Crippen molar-refractivity contribution in [2.75, 3.05) is 6.61 Å². The molecule has 0 aromatic rings. The van der Waals surface area contributed by atoms with E-state index in [0.29, 0.717) is 0 Å². The van der Waals surface area contributed by atoms with Crippen LogP contribution in [0.5, 0.6) is 0 Å². The van der Waals surface area contributed by atoms with Gasteiger partial charge < -0.3 is 4.74 Å². The lowest BCUT2D eigenvalue weighted by atomic mass is 10.0. The maximum atomic E-state index is 11.3. The fourth-order valence-electron chi connectivity index (χ4n) is 0.919. The molecule has 0 aromatic carbocycles. The summed E-state index contributed by atoms with van der Waals surface area (Å²) in [4.78, 5) is 24.9. The second kappa shape index (κ2) is 7.04. The van der Waals surface area contributed by atoms with E-state index in [4.69, 9.17) is 4.74 Å². The SMILES string of the molecule is C=CCOC(=O)[C@H](N=C=O)C(C)CC. The van der Waals surface area contributed by atoms with Crippen LogP contribution in [0.15, 0.2) is 17.6 Å². The lowest BCUT2D eigenvalue weighted by molar-refractivity contribution is -0.145. The number of hydrogen-bond acceptors (Lipinski definition) is 4. The topological polar surface area (TPSA) is 55.7 Å². The van der Waals surface area contributed by atoms with Crippen LogP contribution >= 0.6 is 0 Å². The van der Waals surface area contributed by atoms with E-state index in [0.717, 1.165) is 6.42 Å². The molecule has 0 aromatic heterocycles. The molecule has 0 aliphatic rings. The molecular weight excluding hydrogens is 182 g/mol. The average molecular weight is 197 g/mol. The van der Waals surface area contributed by atoms with Crippen molar-refractivity contribution in [1.29, 1.82) is 0 Å². The highest BCUT2D eigenvalue weighted by Crippen LogP contribution is 2.12. The van der Waals surface area contributed by atoms with E-state index in [1.807, 2.05) is 13.8 Å². The van der Waals surface area contributed by atoms with Gasteiger partial charge in [-0.3, -0.25) is 0 Å². The van der Waals surface area contributed by atoms with Crippen LogP contribution in [0, 0.1) is 5.92 Å². The number of aliphatic imine (C=N–C) groups is 1. The smallest absolute Gasteiger partial charge is 0.332 e. The zero-order valence-electron chi connectivity index (χ0n) is 8.53. The largest absolute Gasteiger partial charge is 0.460 e. The van der Waals surface area contributed by atoms with Crippen LogP contribution in [0.25, 0.3) is 0 Å². The van der Waals surface area contributed by atoms with E-state index in [-0.39, 0.29) is 12.5 Å². The molecule has 0 spiro atoms. The third kappa shape index (κ3) is 4.01. The molecule has 1 unspecified atom stereocenters. The highest BCUT2D eigenvalue weighted by Gasteiger charge is 2.24. The minimum Gasteiger partial charge on any atom is -0.460 e. The number of isocyanates is 1. The maximum Gasteiger partial charge on any atom is 0.332 e. The lowest BCUT2D eigenvalue weighted by Crippen LogP contribution is -2.28. The summed E-state index contributed by atoms with van der Waals surface area (Å²) >= 11 is 0. The molecule has 14 heavy (non-hydrogen) atoms. The molecule has 2 atom stereocenters. The Balaban J connectivity index is 4.39. The van der Waals surface area contributed by atoms with Gasteiger partial charge in [0.1, 0.15) is 6.61 Å². The Morgan fingerprint density at radius 2 is 2.36 bits per heavy atom. The summed E-state index contributed by atoms with van der Waals surface area (Å²) in [7, 11) is 0. The predicted octanol–water partition coefficient (Wildman–Crippen LogP) is 1.47. The summed E-state index contributed by atoms with van der Waals surface area (Å²) in [5.41, 5.74) is 0. The average Bonchev–Trinajstić information content (AvgIpc) is 2.21. The molecule has 0 amide bonds. The molecule has 0 rings (SSSR count). The number of ether oxygens (including phenoxy) is 1. The molecule has 0 N–H and O–H groups in total. The Hall–Kier alpha value is -1.41. The second-order valence-electron chi connectivity index (χ2n) is 2.97. The van der Waals surface area contributed by atoms with Gasteiger partial charge in [-0.1, -0.05) is 32.9 Å². The zero-order chi connectivity index (χ0) is 11.0. The first kappa shape index (κ1) is 12.6. The van der Waals surface area contributed by atoms with Gasteiger partial charge in [0.15, 0.2) is 6.04 Å². The van der Waals surface area contributed by atoms with Crippen LogP contribution in [-0.4, -0.2) is 24.7 Å². The van der Waals surface area contributed by atoms with Crippen molar-refractivity contribution in [3.05, 3.63) is 12.7 Å². The van der Waals surface area contributed by atoms with Crippen LogP contribution in [-0.2, 0) is 14.3 Å². The van der Waals surface area contributed by atoms with Gasteiger partial charge in [0.2, 0.25) is 6.08 Å². The molecule has 0 fully saturated rings. The van der Waals surface area contributed by atoms with Crippen LogP contribution < -0.4 is 0 Å². The van der Waals surface area contributed by atoms with Crippen molar-refractivity contribution >= 4 is 12.0 Å².